The van der Waals surface area contributed by atoms with E-state index >= 15 is 0 Å². The first-order chi connectivity index (χ1) is 30.6. The van der Waals surface area contributed by atoms with Crippen molar-refractivity contribution < 1.29 is 0 Å². The van der Waals surface area contributed by atoms with Gasteiger partial charge in [0.15, 0.2) is 0 Å². The highest BCUT2D eigenvalue weighted by Crippen LogP contribution is 2.45. The highest BCUT2D eigenvalue weighted by atomic mass is 14.7. The summed E-state index contributed by atoms with van der Waals surface area (Å²) in [4.78, 5) is 19.2. The number of hydrogen-bond acceptors (Lipinski definition) is 4. The van der Waals surface area contributed by atoms with Crippen LogP contribution in [0.5, 0.6) is 0 Å². The maximum Gasteiger partial charge on any atom is 0.0786 e. The summed E-state index contributed by atoms with van der Waals surface area (Å²) >= 11 is 0. The predicted molar refractivity (Wildman–Crippen MR) is 260 cm³/mol. The topological polar surface area (TPSA) is 51.0 Å². The van der Waals surface area contributed by atoms with Crippen LogP contribution in [0.4, 0.5) is 5.69 Å². The SMILES string of the molecule is CC(=Nc1ccccc1C)c1c2ccccc2c(-c2cc(-c3cc(-c4cccnc4)cc(-c4cccnc4)c3)cc(-c3cc4ccccc4c4ncccc34)c2)c2ccccc12. The van der Waals surface area contributed by atoms with Crippen molar-refractivity contribution in [3.05, 3.63) is 218 Å². The highest BCUT2D eigenvalue weighted by molar-refractivity contribution is 6.26. The molecule has 0 spiro atoms. The first-order valence-electron chi connectivity index (χ1n) is 21.0. The van der Waals surface area contributed by atoms with Gasteiger partial charge in [-0.25, -0.2) is 0 Å². The summed E-state index contributed by atoms with van der Waals surface area (Å²) in [6, 6.07) is 63.3. The van der Waals surface area contributed by atoms with Crippen molar-refractivity contribution in [3.8, 4) is 55.6 Å². The van der Waals surface area contributed by atoms with Gasteiger partial charge in [0.25, 0.3) is 0 Å². The van der Waals surface area contributed by atoms with Crippen LogP contribution in [0.3, 0.4) is 0 Å². The van der Waals surface area contributed by atoms with Crippen LogP contribution in [0.15, 0.2) is 212 Å². The van der Waals surface area contributed by atoms with Crippen molar-refractivity contribution >= 4 is 54.6 Å². The van der Waals surface area contributed by atoms with Crippen LogP contribution in [0.25, 0.3) is 98.9 Å². The lowest BCUT2D eigenvalue weighted by Gasteiger charge is -2.20. The van der Waals surface area contributed by atoms with Gasteiger partial charge in [0.2, 0.25) is 0 Å². The van der Waals surface area contributed by atoms with Crippen molar-refractivity contribution in [1.29, 1.82) is 0 Å². The zero-order valence-electron chi connectivity index (χ0n) is 34.4. The molecule has 0 aliphatic rings. The Balaban J connectivity index is 1.23. The molecule has 0 fully saturated rings. The summed E-state index contributed by atoms with van der Waals surface area (Å²) < 4.78 is 0. The zero-order chi connectivity index (χ0) is 41.6. The van der Waals surface area contributed by atoms with E-state index in [0.29, 0.717) is 0 Å². The number of aromatic nitrogens is 3. The molecule has 0 saturated carbocycles. The molecule has 8 aromatic carbocycles. The number of nitrogens with zero attached hydrogens (tertiary/aromatic N) is 4. The molecular weight excluding hydrogens is 753 g/mol. The molecule has 0 aliphatic heterocycles. The van der Waals surface area contributed by atoms with Crippen LogP contribution in [0.2, 0.25) is 0 Å². The molecule has 0 amide bonds. The Kier molecular flexibility index (Phi) is 9.24. The molecule has 4 nitrogen and oxygen atoms in total. The summed E-state index contributed by atoms with van der Waals surface area (Å²) in [6.45, 7) is 4.27. The first-order valence-corrected chi connectivity index (χ1v) is 21.0. The predicted octanol–water partition coefficient (Wildman–Crippen LogP) is 15.3. The Morgan fingerprint density at radius 2 is 0.919 bits per heavy atom. The van der Waals surface area contributed by atoms with Crippen LogP contribution in [0, 0.1) is 6.92 Å². The van der Waals surface area contributed by atoms with Crippen LogP contribution in [0.1, 0.15) is 18.1 Å². The highest BCUT2D eigenvalue weighted by Gasteiger charge is 2.20. The van der Waals surface area contributed by atoms with Crippen LogP contribution in [-0.4, -0.2) is 20.7 Å². The third kappa shape index (κ3) is 6.59. The number of rotatable bonds is 7. The van der Waals surface area contributed by atoms with E-state index in [1.165, 1.54) is 27.1 Å². The van der Waals surface area contributed by atoms with Crippen LogP contribution >= 0.6 is 0 Å². The molecule has 0 atom stereocenters. The van der Waals surface area contributed by atoms with Gasteiger partial charge in [0, 0.05) is 64.2 Å². The molecule has 11 aromatic rings. The lowest BCUT2D eigenvalue weighted by atomic mass is 9.84. The Morgan fingerprint density at radius 1 is 0.419 bits per heavy atom. The van der Waals surface area contributed by atoms with Crippen molar-refractivity contribution in [3.63, 3.8) is 0 Å². The second kappa shape index (κ2) is 15.5. The second-order valence-electron chi connectivity index (χ2n) is 16.0. The van der Waals surface area contributed by atoms with Crippen LogP contribution in [-0.2, 0) is 0 Å². The van der Waals surface area contributed by atoms with Crippen molar-refractivity contribution in [2.24, 2.45) is 4.99 Å². The minimum absolute atomic E-state index is 0.982. The number of pyridine rings is 3. The van der Waals surface area contributed by atoms with Gasteiger partial charge in [-0.1, -0.05) is 109 Å². The number of benzene rings is 8. The Bertz CT molecular complexity index is 3420. The first kappa shape index (κ1) is 37.0. The van der Waals surface area contributed by atoms with E-state index in [1.54, 1.807) is 0 Å². The fourth-order valence-electron chi connectivity index (χ4n) is 9.19. The molecule has 0 saturated heterocycles. The summed E-state index contributed by atoms with van der Waals surface area (Å²) in [5.41, 5.74) is 16.3. The average Bonchev–Trinajstić information content (AvgIpc) is 3.33. The van der Waals surface area contributed by atoms with Gasteiger partial charge in [-0.3, -0.25) is 19.9 Å². The summed E-state index contributed by atoms with van der Waals surface area (Å²) in [5, 5.41) is 8.09. The average molecular weight is 793 g/mol. The summed E-state index contributed by atoms with van der Waals surface area (Å²) in [5.74, 6) is 0. The second-order valence-corrected chi connectivity index (χ2v) is 16.0. The molecule has 0 bridgehead atoms. The van der Waals surface area contributed by atoms with Crippen molar-refractivity contribution in [2.75, 3.05) is 0 Å². The molecule has 0 radical (unpaired) electrons. The van der Waals surface area contributed by atoms with Crippen molar-refractivity contribution in [2.45, 2.75) is 13.8 Å². The standard InChI is InChI=1S/C58H40N4/c1-37-14-3-10-24-55(37)62-38(2)56-49-19-6-8-21-51(49)57(52-22-9-7-20-50(52)56)47-32-45(31-46(33-47)54-34-39-15-4-5-18-48(39)58-53(54)23-13-27-61-58)44-29-42(40-16-11-25-59-35-40)28-43(30-44)41-17-12-26-60-36-41/h3-36H,1-2H3. The van der Waals surface area contributed by atoms with Crippen molar-refractivity contribution in [1.82, 2.24) is 15.0 Å². The molecule has 4 heteroatoms. The summed E-state index contributed by atoms with van der Waals surface area (Å²) in [6.07, 6.45) is 9.42. The largest absolute Gasteiger partial charge is 0.264 e. The Labute approximate surface area is 360 Å². The van der Waals surface area contributed by atoms with Gasteiger partial charge in [-0.2, -0.15) is 0 Å². The van der Waals surface area contributed by atoms with E-state index in [4.69, 9.17) is 9.98 Å². The van der Waals surface area contributed by atoms with E-state index in [0.717, 1.165) is 94.3 Å². The Hall–Kier alpha value is -8.08. The third-order valence-electron chi connectivity index (χ3n) is 12.1. The van der Waals surface area contributed by atoms with Gasteiger partial charge >= 0.3 is 0 Å². The molecule has 11 rings (SSSR count). The number of fused-ring (bicyclic) bond motifs is 5. The van der Waals surface area contributed by atoms with Gasteiger partial charge in [0.05, 0.1) is 11.2 Å². The summed E-state index contributed by atoms with van der Waals surface area (Å²) in [7, 11) is 0. The van der Waals surface area contributed by atoms with Gasteiger partial charge in [-0.15, -0.1) is 0 Å². The van der Waals surface area contributed by atoms with E-state index in [-0.39, 0.29) is 0 Å². The monoisotopic (exact) mass is 792 g/mol. The molecule has 0 unspecified atom stereocenters. The maximum absolute atomic E-state index is 5.26. The number of aliphatic imine (C=N–C) groups is 1. The third-order valence-corrected chi connectivity index (χ3v) is 12.1. The molecule has 3 aromatic heterocycles. The zero-order valence-corrected chi connectivity index (χ0v) is 34.4. The van der Waals surface area contributed by atoms with Crippen LogP contribution < -0.4 is 0 Å². The van der Waals surface area contributed by atoms with Gasteiger partial charge in [0.1, 0.15) is 0 Å². The smallest absolute Gasteiger partial charge is 0.0786 e. The van der Waals surface area contributed by atoms with E-state index in [1.807, 2.05) is 49.2 Å². The molecule has 0 N–H and O–H groups in total. The molecular formula is C58H40N4. The maximum atomic E-state index is 5.26. The minimum atomic E-state index is 0.982. The van der Waals surface area contributed by atoms with E-state index < -0.39 is 0 Å². The lowest BCUT2D eigenvalue weighted by molar-refractivity contribution is 1.32. The van der Waals surface area contributed by atoms with E-state index in [2.05, 4.69) is 182 Å². The number of hydrogen-bond donors (Lipinski definition) is 0. The number of para-hydroxylation sites is 1. The molecule has 3 heterocycles. The fraction of sp³-hybridized carbons (Fsp3) is 0.0345. The molecule has 292 valence electrons. The van der Waals surface area contributed by atoms with Gasteiger partial charge in [-0.05, 0) is 158 Å². The number of aryl methyl sites for hydroxylation is 1. The Morgan fingerprint density at radius 3 is 1.55 bits per heavy atom. The fourth-order valence-corrected chi connectivity index (χ4v) is 9.19. The normalized spacial score (nSPS) is 11.8. The quantitative estimate of drug-likeness (QED) is 0.0917. The molecule has 0 aliphatic carbocycles. The van der Waals surface area contributed by atoms with E-state index in [9.17, 15) is 0 Å². The lowest BCUT2D eigenvalue weighted by Crippen LogP contribution is -2.00. The van der Waals surface area contributed by atoms with Gasteiger partial charge < -0.3 is 0 Å². The minimum Gasteiger partial charge on any atom is -0.264 e. The molecule has 62 heavy (non-hydrogen) atoms.